The van der Waals surface area contributed by atoms with Crippen LogP contribution in [-0.4, -0.2) is 23.1 Å². The van der Waals surface area contributed by atoms with Crippen LogP contribution in [0.15, 0.2) is 18.2 Å². The lowest BCUT2D eigenvalue weighted by atomic mass is 10.0. The van der Waals surface area contributed by atoms with Crippen molar-refractivity contribution in [2.75, 3.05) is 6.54 Å². The standard InChI is InChI=1S/C18H20Cl2N2O2/c1-9-17(12(4)23)11(3)22-18(9)16(24)8-21-10(2)14-6-5-13(19)7-15(14)20/h5-7,10,21-22H,8H2,1-4H3/p+1/t10-/m0/s1. The zero-order chi connectivity index (χ0) is 18.0. The first-order chi connectivity index (χ1) is 11.2. The summed E-state index contributed by atoms with van der Waals surface area (Å²) in [6.07, 6.45) is 0. The van der Waals surface area contributed by atoms with Gasteiger partial charge in [0.25, 0.3) is 0 Å². The molecule has 2 rings (SSSR count). The summed E-state index contributed by atoms with van der Waals surface area (Å²) >= 11 is 12.1. The second-order valence-electron chi connectivity index (χ2n) is 6.00. The number of ketones is 2. The van der Waals surface area contributed by atoms with Gasteiger partial charge in [0.2, 0.25) is 5.78 Å². The van der Waals surface area contributed by atoms with Crippen molar-refractivity contribution >= 4 is 34.8 Å². The van der Waals surface area contributed by atoms with Crippen LogP contribution in [0.3, 0.4) is 0 Å². The summed E-state index contributed by atoms with van der Waals surface area (Å²) in [5, 5.41) is 3.09. The molecule has 0 radical (unpaired) electrons. The summed E-state index contributed by atoms with van der Waals surface area (Å²) < 4.78 is 0. The van der Waals surface area contributed by atoms with Gasteiger partial charge in [-0.3, -0.25) is 9.59 Å². The second-order valence-corrected chi connectivity index (χ2v) is 6.84. The van der Waals surface area contributed by atoms with E-state index in [9.17, 15) is 9.59 Å². The van der Waals surface area contributed by atoms with Crippen molar-refractivity contribution in [3.63, 3.8) is 0 Å². The van der Waals surface area contributed by atoms with Crippen LogP contribution in [-0.2, 0) is 0 Å². The predicted octanol–water partition coefficient (Wildman–Crippen LogP) is 3.65. The van der Waals surface area contributed by atoms with Crippen LogP contribution in [0.4, 0.5) is 0 Å². The van der Waals surface area contributed by atoms with Crippen LogP contribution >= 0.6 is 23.2 Å². The summed E-state index contributed by atoms with van der Waals surface area (Å²) in [4.78, 5) is 27.2. The highest BCUT2D eigenvalue weighted by Gasteiger charge is 2.22. The van der Waals surface area contributed by atoms with Gasteiger partial charge in [-0.1, -0.05) is 29.3 Å². The molecular weight excluding hydrogens is 347 g/mol. The lowest BCUT2D eigenvalue weighted by Gasteiger charge is -2.12. The summed E-state index contributed by atoms with van der Waals surface area (Å²) in [7, 11) is 0. The Morgan fingerprint density at radius 3 is 2.46 bits per heavy atom. The minimum absolute atomic E-state index is 0.0161. The molecule has 0 unspecified atom stereocenters. The summed E-state index contributed by atoms with van der Waals surface area (Å²) in [5.74, 6) is -0.0781. The fraction of sp³-hybridized carbons (Fsp3) is 0.333. The van der Waals surface area contributed by atoms with Gasteiger partial charge in [-0.05, 0) is 45.4 Å². The van der Waals surface area contributed by atoms with Gasteiger partial charge in [-0.15, -0.1) is 0 Å². The fourth-order valence-corrected chi connectivity index (χ4v) is 3.52. The molecule has 0 aliphatic heterocycles. The van der Waals surface area contributed by atoms with E-state index in [1.807, 2.05) is 18.3 Å². The van der Waals surface area contributed by atoms with Gasteiger partial charge in [0, 0.05) is 21.8 Å². The van der Waals surface area contributed by atoms with Crippen molar-refractivity contribution in [2.24, 2.45) is 0 Å². The molecule has 3 N–H and O–H groups in total. The molecule has 0 spiro atoms. The lowest BCUT2D eigenvalue weighted by molar-refractivity contribution is -0.681. The Morgan fingerprint density at radius 2 is 1.92 bits per heavy atom. The zero-order valence-corrected chi connectivity index (χ0v) is 15.7. The van der Waals surface area contributed by atoms with Crippen molar-refractivity contribution in [3.8, 4) is 0 Å². The number of nitrogens with two attached hydrogens (primary N) is 1. The van der Waals surface area contributed by atoms with Crippen LogP contribution in [0, 0.1) is 13.8 Å². The average Bonchev–Trinajstić information content (AvgIpc) is 2.79. The van der Waals surface area contributed by atoms with Crippen molar-refractivity contribution < 1.29 is 14.9 Å². The first kappa shape index (κ1) is 18.7. The van der Waals surface area contributed by atoms with Gasteiger partial charge >= 0.3 is 0 Å². The fourth-order valence-electron chi connectivity index (χ4n) is 2.94. The molecule has 1 heterocycles. The number of aromatic nitrogens is 1. The molecule has 128 valence electrons. The molecule has 0 fully saturated rings. The Balaban J connectivity index is 2.11. The first-order valence-corrected chi connectivity index (χ1v) is 8.49. The van der Waals surface area contributed by atoms with E-state index in [0.29, 0.717) is 21.3 Å². The van der Waals surface area contributed by atoms with E-state index in [2.05, 4.69) is 4.98 Å². The number of hydrogen-bond donors (Lipinski definition) is 2. The van der Waals surface area contributed by atoms with Crippen LogP contribution in [0.25, 0.3) is 0 Å². The Bertz CT molecular complexity index is 797. The summed E-state index contributed by atoms with van der Waals surface area (Å²) in [6, 6.07) is 5.37. The molecule has 0 saturated carbocycles. The van der Waals surface area contributed by atoms with Crippen molar-refractivity contribution in [1.82, 2.24) is 4.98 Å². The Kier molecular flexibility index (Phi) is 5.86. The number of hydrogen-bond acceptors (Lipinski definition) is 2. The Hall–Kier alpha value is -1.62. The van der Waals surface area contributed by atoms with E-state index in [1.54, 1.807) is 26.0 Å². The lowest BCUT2D eigenvalue weighted by Crippen LogP contribution is -2.86. The topological polar surface area (TPSA) is 66.5 Å². The highest BCUT2D eigenvalue weighted by Crippen LogP contribution is 2.24. The smallest absolute Gasteiger partial charge is 0.233 e. The molecule has 0 saturated heterocycles. The number of carbonyl (C=O) groups is 2. The Morgan fingerprint density at radius 1 is 1.25 bits per heavy atom. The van der Waals surface area contributed by atoms with Gasteiger partial charge in [-0.25, -0.2) is 0 Å². The largest absolute Gasteiger partial charge is 0.355 e. The molecule has 6 heteroatoms. The number of halogens is 2. The van der Waals surface area contributed by atoms with Gasteiger partial charge in [0.15, 0.2) is 5.78 Å². The van der Waals surface area contributed by atoms with E-state index in [4.69, 9.17) is 23.2 Å². The molecule has 1 aromatic carbocycles. The molecule has 1 aromatic heterocycles. The quantitative estimate of drug-likeness (QED) is 0.765. The number of benzene rings is 1. The number of Topliss-reactive ketones (excluding diaryl/α,β-unsaturated/α-hetero) is 2. The van der Waals surface area contributed by atoms with Crippen molar-refractivity contribution in [3.05, 3.63) is 56.3 Å². The maximum absolute atomic E-state index is 12.5. The minimum Gasteiger partial charge on any atom is -0.355 e. The molecule has 0 amide bonds. The third-order valence-electron chi connectivity index (χ3n) is 4.18. The minimum atomic E-state index is -0.0416. The van der Waals surface area contributed by atoms with Crippen LogP contribution < -0.4 is 5.32 Å². The predicted molar refractivity (Wildman–Crippen MR) is 96.3 cm³/mol. The highest BCUT2D eigenvalue weighted by atomic mass is 35.5. The molecule has 0 bridgehead atoms. The monoisotopic (exact) mass is 367 g/mol. The number of rotatable bonds is 6. The second kappa shape index (κ2) is 7.51. The molecule has 0 aliphatic rings. The van der Waals surface area contributed by atoms with E-state index in [-0.39, 0.29) is 24.2 Å². The number of aromatic amines is 1. The normalized spacial score (nSPS) is 12.2. The molecule has 24 heavy (non-hydrogen) atoms. The molecular formula is C18H21Cl2N2O2+. The van der Waals surface area contributed by atoms with Gasteiger partial charge in [0.1, 0.15) is 12.6 Å². The number of aryl methyl sites for hydroxylation is 1. The van der Waals surface area contributed by atoms with Gasteiger partial charge < -0.3 is 10.3 Å². The van der Waals surface area contributed by atoms with Crippen LogP contribution in [0.2, 0.25) is 10.0 Å². The maximum Gasteiger partial charge on any atom is 0.233 e. The number of carbonyl (C=O) groups excluding carboxylic acids is 2. The van der Waals surface area contributed by atoms with E-state index in [0.717, 1.165) is 16.8 Å². The Labute approximate surface area is 151 Å². The average molecular weight is 368 g/mol. The van der Waals surface area contributed by atoms with E-state index >= 15 is 0 Å². The number of H-pyrrole nitrogens is 1. The maximum atomic E-state index is 12.5. The number of quaternary nitrogens is 1. The van der Waals surface area contributed by atoms with Crippen LogP contribution in [0.5, 0.6) is 0 Å². The van der Waals surface area contributed by atoms with Crippen molar-refractivity contribution in [2.45, 2.75) is 33.7 Å². The van der Waals surface area contributed by atoms with E-state index in [1.165, 1.54) is 6.92 Å². The summed E-state index contributed by atoms with van der Waals surface area (Å²) in [5.41, 5.74) is 3.49. The zero-order valence-electron chi connectivity index (χ0n) is 14.2. The SMILES string of the molecule is CC(=O)c1c(C)[nH]c(C(=O)C[NH2+][C@@H](C)c2ccc(Cl)cc2Cl)c1C. The first-order valence-electron chi connectivity index (χ1n) is 7.74. The van der Waals surface area contributed by atoms with Gasteiger partial charge in [0.05, 0.1) is 10.7 Å². The third-order valence-corrected chi connectivity index (χ3v) is 4.74. The van der Waals surface area contributed by atoms with Crippen molar-refractivity contribution in [1.29, 1.82) is 0 Å². The van der Waals surface area contributed by atoms with E-state index < -0.39 is 0 Å². The van der Waals surface area contributed by atoms with Crippen LogP contribution in [0.1, 0.15) is 57.6 Å². The molecule has 0 aliphatic carbocycles. The summed E-state index contributed by atoms with van der Waals surface area (Å²) in [6.45, 7) is 7.36. The highest BCUT2D eigenvalue weighted by molar-refractivity contribution is 6.35. The number of nitrogens with one attached hydrogen (secondary N) is 1. The molecule has 1 atom stereocenters. The molecule has 2 aromatic rings. The third kappa shape index (κ3) is 3.89. The molecule has 4 nitrogen and oxygen atoms in total. The van der Waals surface area contributed by atoms with Gasteiger partial charge in [-0.2, -0.15) is 0 Å².